The first-order valence-corrected chi connectivity index (χ1v) is 7.77. The third-order valence-electron chi connectivity index (χ3n) is 3.71. The summed E-state index contributed by atoms with van der Waals surface area (Å²) in [5, 5.41) is 3.25. The predicted octanol–water partition coefficient (Wildman–Crippen LogP) is 2.46. The van der Waals surface area contributed by atoms with Crippen LogP contribution in [0.2, 0.25) is 0 Å². The third-order valence-corrected chi connectivity index (χ3v) is 3.71. The molecule has 1 aromatic heterocycles. The number of hydrogen-bond acceptors (Lipinski definition) is 4. The Kier molecular flexibility index (Phi) is 5.56. The van der Waals surface area contributed by atoms with Crippen LogP contribution in [0.4, 0.5) is 5.69 Å². The van der Waals surface area contributed by atoms with Gasteiger partial charge in [-0.15, -0.1) is 0 Å². The predicted molar refractivity (Wildman–Crippen MR) is 83.7 cm³/mol. The van der Waals surface area contributed by atoms with Gasteiger partial charge in [0, 0.05) is 38.1 Å². The molecule has 1 amide bonds. The molecular weight excluding hydrogens is 266 g/mol. The van der Waals surface area contributed by atoms with E-state index in [1.54, 1.807) is 6.20 Å². The van der Waals surface area contributed by atoms with Crippen molar-refractivity contribution < 1.29 is 9.53 Å². The molecule has 0 spiro atoms. The van der Waals surface area contributed by atoms with Gasteiger partial charge in [-0.1, -0.05) is 0 Å². The molecule has 0 radical (unpaired) electrons. The van der Waals surface area contributed by atoms with Crippen molar-refractivity contribution in [1.82, 2.24) is 9.88 Å². The highest BCUT2D eigenvalue weighted by Crippen LogP contribution is 2.21. The second-order valence-corrected chi connectivity index (χ2v) is 5.37. The van der Waals surface area contributed by atoms with E-state index in [-0.39, 0.29) is 12.0 Å². The zero-order valence-corrected chi connectivity index (χ0v) is 13.2. The van der Waals surface area contributed by atoms with Gasteiger partial charge in [0.2, 0.25) is 0 Å². The molecule has 1 atom stereocenters. The number of carbonyl (C=O) groups excluding carboxylic acids is 1. The van der Waals surface area contributed by atoms with Crippen LogP contribution in [0.25, 0.3) is 0 Å². The number of aromatic nitrogens is 1. The maximum Gasteiger partial charge on any atom is 0.257 e. The van der Waals surface area contributed by atoms with E-state index in [0.717, 1.165) is 37.3 Å². The Balaban J connectivity index is 2.15. The second-order valence-electron chi connectivity index (χ2n) is 5.37. The lowest BCUT2D eigenvalue weighted by molar-refractivity contribution is 0.00726. The van der Waals surface area contributed by atoms with Crippen molar-refractivity contribution in [2.75, 3.05) is 31.6 Å². The molecule has 0 aromatic carbocycles. The van der Waals surface area contributed by atoms with Crippen molar-refractivity contribution in [3.8, 4) is 0 Å². The van der Waals surface area contributed by atoms with Crippen molar-refractivity contribution >= 4 is 11.6 Å². The monoisotopic (exact) mass is 291 g/mol. The standard InChI is InChI=1S/C16H25N3O2/c1-4-17-15-9-12(3)18-10-14(15)16(20)19-8-6-7-13(11-19)21-5-2/h9-10,13H,4-8,11H2,1-3H3,(H,17,18). The van der Waals surface area contributed by atoms with Crippen LogP contribution in [0, 0.1) is 6.92 Å². The summed E-state index contributed by atoms with van der Waals surface area (Å²) in [6.07, 6.45) is 3.87. The summed E-state index contributed by atoms with van der Waals surface area (Å²) in [6.45, 7) is 8.89. The van der Waals surface area contributed by atoms with E-state index < -0.39 is 0 Å². The minimum Gasteiger partial charge on any atom is -0.385 e. The van der Waals surface area contributed by atoms with E-state index in [1.807, 2.05) is 31.7 Å². The zero-order chi connectivity index (χ0) is 15.2. The van der Waals surface area contributed by atoms with Crippen molar-refractivity contribution in [3.05, 3.63) is 23.5 Å². The van der Waals surface area contributed by atoms with E-state index in [1.165, 1.54) is 0 Å². The molecule has 2 rings (SSSR count). The summed E-state index contributed by atoms with van der Waals surface area (Å²) in [6, 6.07) is 1.93. The summed E-state index contributed by atoms with van der Waals surface area (Å²) in [5.74, 6) is 0.0443. The molecule has 1 aliphatic rings. The number of carbonyl (C=O) groups is 1. The molecule has 1 saturated heterocycles. The fourth-order valence-electron chi connectivity index (χ4n) is 2.73. The molecule has 0 bridgehead atoms. The van der Waals surface area contributed by atoms with Crippen molar-refractivity contribution in [1.29, 1.82) is 0 Å². The number of piperidine rings is 1. The first-order valence-electron chi connectivity index (χ1n) is 7.77. The number of anilines is 1. The van der Waals surface area contributed by atoms with Gasteiger partial charge in [-0.2, -0.15) is 0 Å². The van der Waals surface area contributed by atoms with Crippen molar-refractivity contribution in [2.45, 2.75) is 39.7 Å². The van der Waals surface area contributed by atoms with E-state index in [4.69, 9.17) is 4.74 Å². The highest BCUT2D eigenvalue weighted by atomic mass is 16.5. The number of pyridine rings is 1. The van der Waals surface area contributed by atoms with E-state index in [2.05, 4.69) is 10.3 Å². The molecule has 1 fully saturated rings. The van der Waals surface area contributed by atoms with Gasteiger partial charge < -0.3 is 15.0 Å². The lowest BCUT2D eigenvalue weighted by Crippen LogP contribution is -2.43. The summed E-state index contributed by atoms with van der Waals surface area (Å²) >= 11 is 0. The van der Waals surface area contributed by atoms with E-state index >= 15 is 0 Å². The Labute approximate surface area is 126 Å². The molecule has 21 heavy (non-hydrogen) atoms. The van der Waals surface area contributed by atoms with Gasteiger partial charge >= 0.3 is 0 Å². The summed E-state index contributed by atoms with van der Waals surface area (Å²) in [7, 11) is 0. The van der Waals surface area contributed by atoms with Crippen LogP contribution in [-0.2, 0) is 4.74 Å². The fourth-order valence-corrected chi connectivity index (χ4v) is 2.73. The fraction of sp³-hybridized carbons (Fsp3) is 0.625. The van der Waals surface area contributed by atoms with Crippen LogP contribution in [0.5, 0.6) is 0 Å². The number of rotatable bonds is 5. The number of nitrogens with zero attached hydrogens (tertiary/aromatic N) is 2. The maximum atomic E-state index is 12.7. The lowest BCUT2D eigenvalue weighted by atomic mass is 10.1. The number of hydrogen-bond donors (Lipinski definition) is 1. The topological polar surface area (TPSA) is 54.5 Å². The maximum absolute atomic E-state index is 12.7. The second kappa shape index (κ2) is 7.41. The van der Waals surface area contributed by atoms with E-state index in [9.17, 15) is 4.79 Å². The van der Waals surface area contributed by atoms with Gasteiger partial charge in [0.25, 0.3) is 5.91 Å². The molecule has 0 aliphatic carbocycles. The molecule has 1 unspecified atom stereocenters. The summed E-state index contributed by atoms with van der Waals surface area (Å²) < 4.78 is 5.67. The van der Waals surface area contributed by atoms with Crippen LogP contribution in [0.3, 0.4) is 0 Å². The largest absolute Gasteiger partial charge is 0.385 e. The average Bonchev–Trinajstić information content (AvgIpc) is 2.48. The molecule has 1 aromatic rings. The number of nitrogens with one attached hydrogen (secondary N) is 1. The Morgan fingerprint density at radius 1 is 1.52 bits per heavy atom. The van der Waals surface area contributed by atoms with Crippen molar-refractivity contribution in [3.63, 3.8) is 0 Å². The van der Waals surface area contributed by atoms with Crippen LogP contribution in [0.1, 0.15) is 42.7 Å². The van der Waals surface area contributed by atoms with Gasteiger partial charge in [-0.05, 0) is 39.7 Å². The lowest BCUT2D eigenvalue weighted by Gasteiger charge is -2.33. The van der Waals surface area contributed by atoms with Gasteiger partial charge in [-0.3, -0.25) is 9.78 Å². The summed E-state index contributed by atoms with van der Waals surface area (Å²) in [5.41, 5.74) is 2.43. The molecule has 116 valence electrons. The van der Waals surface area contributed by atoms with Crippen molar-refractivity contribution in [2.24, 2.45) is 0 Å². The van der Waals surface area contributed by atoms with Gasteiger partial charge in [0.1, 0.15) is 0 Å². The number of ether oxygens (including phenoxy) is 1. The van der Waals surface area contributed by atoms with E-state index in [0.29, 0.717) is 18.7 Å². The number of aryl methyl sites for hydroxylation is 1. The number of amides is 1. The Morgan fingerprint density at radius 3 is 3.05 bits per heavy atom. The van der Waals surface area contributed by atoms with Gasteiger partial charge in [-0.25, -0.2) is 0 Å². The Hall–Kier alpha value is -1.62. The molecule has 1 N–H and O–H groups in total. The highest BCUT2D eigenvalue weighted by Gasteiger charge is 2.26. The molecule has 0 saturated carbocycles. The minimum atomic E-state index is 0.0443. The highest BCUT2D eigenvalue weighted by molar-refractivity contribution is 5.99. The van der Waals surface area contributed by atoms with Crippen LogP contribution >= 0.6 is 0 Å². The van der Waals surface area contributed by atoms with Gasteiger partial charge in [0.05, 0.1) is 17.4 Å². The Morgan fingerprint density at radius 2 is 2.33 bits per heavy atom. The van der Waals surface area contributed by atoms with Crippen LogP contribution in [0.15, 0.2) is 12.3 Å². The summed E-state index contributed by atoms with van der Waals surface area (Å²) in [4.78, 5) is 18.9. The Bertz CT molecular complexity index is 488. The molecule has 5 nitrogen and oxygen atoms in total. The minimum absolute atomic E-state index is 0.0443. The van der Waals surface area contributed by atoms with Gasteiger partial charge in [0.15, 0.2) is 0 Å². The van der Waals surface area contributed by atoms with Crippen LogP contribution < -0.4 is 5.32 Å². The third kappa shape index (κ3) is 3.94. The molecule has 2 heterocycles. The SMILES string of the molecule is CCNc1cc(C)ncc1C(=O)N1CCCC(OCC)C1. The number of likely N-dealkylation sites (tertiary alicyclic amines) is 1. The van der Waals surface area contributed by atoms with Crippen LogP contribution in [-0.4, -0.2) is 48.1 Å². The first-order chi connectivity index (χ1) is 10.2. The first kappa shape index (κ1) is 15.8. The smallest absolute Gasteiger partial charge is 0.257 e. The normalized spacial score (nSPS) is 18.6. The quantitative estimate of drug-likeness (QED) is 0.905. The molecular formula is C16H25N3O2. The average molecular weight is 291 g/mol. The molecule has 5 heteroatoms. The molecule has 1 aliphatic heterocycles. The zero-order valence-electron chi connectivity index (χ0n) is 13.2.